The van der Waals surface area contributed by atoms with Crippen molar-refractivity contribution in [2.75, 3.05) is 25.3 Å². The third-order valence-electron chi connectivity index (χ3n) is 3.83. The summed E-state index contributed by atoms with van der Waals surface area (Å²) in [5, 5.41) is 12.2. The molecule has 0 saturated heterocycles. The van der Waals surface area contributed by atoms with Crippen molar-refractivity contribution in [2.24, 2.45) is 0 Å². The maximum absolute atomic E-state index is 12.5. The van der Waals surface area contributed by atoms with Crippen LogP contribution in [0.1, 0.15) is 15.9 Å². The number of ether oxygens (including phenoxy) is 2. The van der Waals surface area contributed by atoms with Crippen molar-refractivity contribution in [3.05, 3.63) is 53.6 Å². The van der Waals surface area contributed by atoms with Crippen molar-refractivity contribution in [3.8, 4) is 11.5 Å². The summed E-state index contributed by atoms with van der Waals surface area (Å²) in [6.07, 6.45) is 0. The SMILES string of the molecule is COc1ccc(C(=O)CSc2nnc(Nc3ccccc3C)s2)c(OC)c1. The summed E-state index contributed by atoms with van der Waals surface area (Å²) in [5.41, 5.74) is 2.64. The van der Waals surface area contributed by atoms with Gasteiger partial charge in [0.25, 0.3) is 0 Å². The minimum absolute atomic E-state index is 0.0388. The molecule has 0 aliphatic carbocycles. The maximum atomic E-state index is 12.5. The minimum atomic E-state index is -0.0388. The minimum Gasteiger partial charge on any atom is -0.497 e. The molecule has 0 aliphatic rings. The van der Waals surface area contributed by atoms with Crippen LogP contribution in [0.4, 0.5) is 10.8 Å². The van der Waals surface area contributed by atoms with Gasteiger partial charge in [-0.2, -0.15) is 0 Å². The van der Waals surface area contributed by atoms with Gasteiger partial charge in [-0.15, -0.1) is 10.2 Å². The van der Waals surface area contributed by atoms with Crippen LogP contribution < -0.4 is 14.8 Å². The Balaban J connectivity index is 1.63. The topological polar surface area (TPSA) is 73.3 Å². The number of thioether (sulfide) groups is 1. The molecule has 0 radical (unpaired) electrons. The van der Waals surface area contributed by atoms with Crippen molar-refractivity contribution in [1.29, 1.82) is 0 Å². The number of hydrogen-bond donors (Lipinski definition) is 1. The zero-order valence-corrected chi connectivity index (χ0v) is 16.8. The van der Waals surface area contributed by atoms with Crippen molar-refractivity contribution in [1.82, 2.24) is 10.2 Å². The molecule has 0 fully saturated rings. The molecule has 0 atom stereocenters. The number of benzene rings is 2. The first-order valence-corrected chi connectivity index (χ1v) is 9.95. The predicted molar refractivity (Wildman–Crippen MR) is 109 cm³/mol. The highest BCUT2D eigenvalue weighted by Gasteiger charge is 2.15. The molecule has 6 nitrogen and oxygen atoms in total. The maximum Gasteiger partial charge on any atom is 0.210 e. The van der Waals surface area contributed by atoms with E-state index in [2.05, 4.69) is 15.5 Å². The Morgan fingerprint density at radius 2 is 1.96 bits per heavy atom. The normalized spacial score (nSPS) is 10.5. The summed E-state index contributed by atoms with van der Waals surface area (Å²) in [7, 11) is 3.11. The summed E-state index contributed by atoms with van der Waals surface area (Å²) >= 11 is 2.77. The van der Waals surface area contributed by atoms with Gasteiger partial charge < -0.3 is 14.8 Å². The van der Waals surface area contributed by atoms with Gasteiger partial charge in [0.1, 0.15) is 11.5 Å². The smallest absolute Gasteiger partial charge is 0.210 e. The molecule has 3 rings (SSSR count). The van der Waals surface area contributed by atoms with Crippen molar-refractivity contribution >= 4 is 39.7 Å². The highest BCUT2D eigenvalue weighted by atomic mass is 32.2. The second-order valence-electron chi connectivity index (χ2n) is 5.59. The highest BCUT2D eigenvalue weighted by molar-refractivity contribution is 8.01. The summed E-state index contributed by atoms with van der Waals surface area (Å²) in [4.78, 5) is 12.5. The van der Waals surface area contributed by atoms with E-state index < -0.39 is 0 Å². The Hall–Kier alpha value is -2.58. The van der Waals surface area contributed by atoms with E-state index in [9.17, 15) is 4.79 Å². The Labute approximate surface area is 165 Å². The largest absolute Gasteiger partial charge is 0.497 e. The summed E-state index contributed by atoms with van der Waals surface area (Å²) in [6, 6.07) is 13.1. The fourth-order valence-electron chi connectivity index (χ4n) is 2.38. The van der Waals surface area contributed by atoms with Crippen LogP contribution in [0.25, 0.3) is 0 Å². The molecule has 0 amide bonds. The average molecular weight is 402 g/mol. The summed E-state index contributed by atoms with van der Waals surface area (Å²) in [6.45, 7) is 2.03. The van der Waals surface area contributed by atoms with E-state index >= 15 is 0 Å². The van der Waals surface area contributed by atoms with Gasteiger partial charge in [-0.1, -0.05) is 41.3 Å². The van der Waals surface area contributed by atoms with E-state index in [-0.39, 0.29) is 11.5 Å². The number of anilines is 2. The first kappa shape index (κ1) is 19.2. The molecule has 1 heterocycles. The zero-order valence-electron chi connectivity index (χ0n) is 15.2. The molecule has 3 aromatic rings. The number of aryl methyl sites for hydroxylation is 1. The lowest BCUT2D eigenvalue weighted by Crippen LogP contribution is -2.05. The molecule has 0 unspecified atom stereocenters. The number of methoxy groups -OCH3 is 2. The standard InChI is InChI=1S/C19H19N3O3S2/c1-12-6-4-5-7-15(12)20-18-21-22-19(27-18)26-11-16(23)14-9-8-13(24-2)10-17(14)25-3/h4-10H,11H2,1-3H3,(H,20,21). The molecular weight excluding hydrogens is 382 g/mol. The fourth-order valence-corrected chi connectivity index (χ4v) is 4.03. The number of rotatable bonds is 8. The number of Topliss-reactive ketones (excluding diaryl/α,β-unsaturated/α-hetero) is 1. The molecular formula is C19H19N3O3S2. The van der Waals surface area contributed by atoms with Gasteiger partial charge in [-0.3, -0.25) is 4.79 Å². The van der Waals surface area contributed by atoms with Gasteiger partial charge in [-0.25, -0.2) is 0 Å². The van der Waals surface area contributed by atoms with Crippen LogP contribution in [0, 0.1) is 6.92 Å². The lowest BCUT2D eigenvalue weighted by molar-refractivity contribution is 0.101. The Bertz CT molecular complexity index is 943. The van der Waals surface area contributed by atoms with E-state index in [1.807, 2.05) is 31.2 Å². The molecule has 0 aliphatic heterocycles. The van der Waals surface area contributed by atoms with E-state index in [0.29, 0.717) is 22.2 Å². The number of carbonyl (C=O) groups excluding carboxylic acids is 1. The Kier molecular flexibility index (Phi) is 6.31. The van der Waals surface area contributed by atoms with Crippen LogP contribution in [0.2, 0.25) is 0 Å². The van der Waals surface area contributed by atoms with Gasteiger partial charge in [-0.05, 0) is 30.7 Å². The number of carbonyl (C=O) groups is 1. The number of ketones is 1. The van der Waals surface area contributed by atoms with Crippen molar-refractivity contribution in [3.63, 3.8) is 0 Å². The molecule has 27 heavy (non-hydrogen) atoms. The van der Waals surface area contributed by atoms with E-state index in [1.165, 1.54) is 30.2 Å². The number of hydrogen-bond acceptors (Lipinski definition) is 8. The molecule has 0 spiro atoms. The second kappa shape index (κ2) is 8.88. The number of para-hydroxylation sites is 1. The van der Waals surface area contributed by atoms with Gasteiger partial charge in [0.05, 0.1) is 25.5 Å². The van der Waals surface area contributed by atoms with Crippen molar-refractivity contribution < 1.29 is 14.3 Å². The zero-order chi connectivity index (χ0) is 19.2. The van der Waals surface area contributed by atoms with Crippen LogP contribution in [-0.2, 0) is 0 Å². The van der Waals surface area contributed by atoms with Crippen LogP contribution in [-0.4, -0.2) is 36.0 Å². The van der Waals surface area contributed by atoms with Gasteiger partial charge in [0, 0.05) is 11.8 Å². The molecule has 0 saturated carbocycles. The third kappa shape index (κ3) is 4.78. The lowest BCUT2D eigenvalue weighted by Gasteiger charge is -2.09. The van der Waals surface area contributed by atoms with Crippen LogP contribution in [0.15, 0.2) is 46.8 Å². The predicted octanol–water partition coefficient (Wildman–Crippen LogP) is 4.58. The quantitative estimate of drug-likeness (QED) is 0.437. The third-order valence-corrected chi connectivity index (χ3v) is 5.80. The van der Waals surface area contributed by atoms with Gasteiger partial charge in [0.15, 0.2) is 10.1 Å². The van der Waals surface area contributed by atoms with E-state index in [4.69, 9.17) is 9.47 Å². The van der Waals surface area contributed by atoms with Crippen molar-refractivity contribution in [2.45, 2.75) is 11.3 Å². The lowest BCUT2D eigenvalue weighted by atomic mass is 10.1. The van der Waals surface area contributed by atoms with Crippen LogP contribution >= 0.6 is 23.1 Å². The molecule has 140 valence electrons. The molecule has 0 bridgehead atoms. The molecule has 1 N–H and O–H groups in total. The number of nitrogens with one attached hydrogen (secondary N) is 1. The molecule has 1 aromatic heterocycles. The summed E-state index contributed by atoms with van der Waals surface area (Å²) in [5.74, 6) is 1.36. The molecule has 8 heteroatoms. The Morgan fingerprint density at radius 1 is 1.15 bits per heavy atom. The first-order chi connectivity index (χ1) is 13.1. The number of aromatic nitrogens is 2. The van der Waals surface area contributed by atoms with E-state index in [0.717, 1.165) is 15.6 Å². The summed E-state index contributed by atoms with van der Waals surface area (Å²) < 4.78 is 11.2. The van der Waals surface area contributed by atoms with Gasteiger partial charge in [0.2, 0.25) is 5.13 Å². The van der Waals surface area contributed by atoms with Gasteiger partial charge >= 0.3 is 0 Å². The average Bonchev–Trinajstić information content (AvgIpc) is 3.14. The highest BCUT2D eigenvalue weighted by Crippen LogP contribution is 2.31. The van der Waals surface area contributed by atoms with Crippen LogP contribution in [0.5, 0.6) is 11.5 Å². The fraction of sp³-hybridized carbons (Fsp3) is 0.211. The first-order valence-electron chi connectivity index (χ1n) is 8.15. The molecule has 2 aromatic carbocycles. The monoisotopic (exact) mass is 401 g/mol. The number of nitrogens with zero attached hydrogens (tertiary/aromatic N) is 2. The van der Waals surface area contributed by atoms with E-state index in [1.54, 1.807) is 25.3 Å². The second-order valence-corrected chi connectivity index (χ2v) is 7.79. The van der Waals surface area contributed by atoms with Crippen LogP contribution in [0.3, 0.4) is 0 Å². The Morgan fingerprint density at radius 3 is 2.70 bits per heavy atom.